The van der Waals surface area contributed by atoms with E-state index in [9.17, 15) is 4.79 Å². The van der Waals surface area contributed by atoms with Gasteiger partial charge in [-0.05, 0) is 37.3 Å². The molecule has 0 unspecified atom stereocenters. The van der Waals surface area contributed by atoms with Crippen molar-refractivity contribution >= 4 is 23.3 Å². The van der Waals surface area contributed by atoms with E-state index in [1.54, 1.807) is 42.9 Å². The Bertz CT molecular complexity index is 620. The van der Waals surface area contributed by atoms with Crippen LogP contribution in [0.5, 0.6) is 5.75 Å². The van der Waals surface area contributed by atoms with Crippen molar-refractivity contribution in [3.63, 3.8) is 0 Å². The molecule has 0 spiro atoms. The number of nitrogens with zero attached hydrogens (tertiary/aromatic N) is 1. The van der Waals surface area contributed by atoms with Crippen LogP contribution in [0.15, 0.2) is 30.3 Å². The van der Waals surface area contributed by atoms with Crippen molar-refractivity contribution in [1.29, 1.82) is 0 Å². The molecule has 20 heavy (non-hydrogen) atoms. The molecule has 106 valence electrons. The number of anilines is 1. The molecule has 0 aliphatic rings. The van der Waals surface area contributed by atoms with Crippen molar-refractivity contribution < 1.29 is 14.3 Å². The first-order valence-corrected chi connectivity index (χ1v) is 6.44. The number of hydrogen-bond acceptors (Lipinski definition) is 4. The first-order chi connectivity index (χ1) is 9.58. The SMILES string of the molecule is CCOC(=O)c1c(N)cc(Cl)n1-c1ccc(OC)cc1. The van der Waals surface area contributed by atoms with Gasteiger partial charge in [-0.25, -0.2) is 4.79 Å². The Morgan fingerprint density at radius 1 is 1.35 bits per heavy atom. The number of carbonyl (C=O) groups is 1. The standard InChI is InChI=1S/C14H15ClN2O3/c1-3-20-14(18)13-11(16)8-12(15)17(13)9-4-6-10(19-2)7-5-9/h4-8H,3,16H2,1-2H3. The largest absolute Gasteiger partial charge is 0.497 e. The summed E-state index contributed by atoms with van der Waals surface area (Å²) in [5, 5.41) is 0.343. The van der Waals surface area contributed by atoms with Crippen LogP contribution in [-0.2, 0) is 4.74 Å². The van der Waals surface area contributed by atoms with Crippen LogP contribution in [-0.4, -0.2) is 24.3 Å². The number of rotatable bonds is 4. The molecular weight excluding hydrogens is 280 g/mol. The predicted octanol–water partition coefficient (Wildman–Crippen LogP) is 2.90. The van der Waals surface area contributed by atoms with Crippen LogP contribution >= 0.6 is 11.6 Å². The zero-order valence-electron chi connectivity index (χ0n) is 11.2. The van der Waals surface area contributed by atoms with Crippen LogP contribution in [0.4, 0.5) is 5.69 Å². The average Bonchev–Trinajstić information content (AvgIpc) is 2.74. The van der Waals surface area contributed by atoms with Crippen molar-refractivity contribution in [2.24, 2.45) is 0 Å². The van der Waals surface area contributed by atoms with E-state index in [-0.39, 0.29) is 18.0 Å². The quantitative estimate of drug-likeness (QED) is 0.881. The lowest BCUT2D eigenvalue weighted by molar-refractivity contribution is 0.0518. The summed E-state index contributed by atoms with van der Waals surface area (Å²) in [6, 6.07) is 8.64. The van der Waals surface area contributed by atoms with Crippen LogP contribution in [0.1, 0.15) is 17.4 Å². The highest BCUT2D eigenvalue weighted by Gasteiger charge is 2.21. The minimum Gasteiger partial charge on any atom is -0.497 e. The van der Waals surface area contributed by atoms with Crippen LogP contribution in [0, 0.1) is 0 Å². The van der Waals surface area contributed by atoms with Gasteiger partial charge in [0.15, 0.2) is 5.69 Å². The minimum atomic E-state index is -0.507. The number of benzene rings is 1. The molecule has 0 saturated heterocycles. The van der Waals surface area contributed by atoms with Crippen LogP contribution in [0.3, 0.4) is 0 Å². The second kappa shape index (κ2) is 5.88. The maximum atomic E-state index is 12.0. The number of ether oxygens (including phenoxy) is 2. The third-order valence-corrected chi connectivity index (χ3v) is 3.06. The number of carbonyl (C=O) groups excluding carboxylic acids is 1. The highest BCUT2D eigenvalue weighted by Crippen LogP contribution is 2.28. The Hall–Kier alpha value is -2.14. The molecule has 0 aliphatic carbocycles. The Balaban J connectivity index is 2.51. The van der Waals surface area contributed by atoms with Crippen molar-refractivity contribution in [3.05, 3.63) is 41.2 Å². The second-order valence-corrected chi connectivity index (χ2v) is 4.41. The molecule has 1 aromatic heterocycles. The smallest absolute Gasteiger partial charge is 0.357 e. The molecular formula is C14H15ClN2O3. The van der Waals surface area contributed by atoms with E-state index < -0.39 is 5.97 Å². The summed E-state index contributed by atoms with van der Waals surface area (Å²) < 4.78 is 11.7. The van der Waals surface area contributed by atoms with Gasteiger partial charge in [0.25, 0.3) is 0 Å². The lowest BCUT2D eigenvalue weighted by Crippen LogP contribution is -2.13. The summed E-state index contributed by atoms with van der Waals surface area (Å²) in [6.45, 7) is 2.00. The number of methoxy groups -OCH3 is 1. The van der Waals surface area contributed by atoms with Gasteiger partial charge in [0, 0.05) is 5.69 Å². The number of esters is 1. The van der Waals surface area contributed by atoms with E-state index in [0.29, 0.717) is 16.6 Å². The fourth-order valence-electron chi connectivity index (χ4n) is 1.89. The Morgan fingerprint density at radius 3 is 2.55 bits per heavy atom. The van der Waals surface area contributed by atoms with Crippen LogP contribution in [0.25, 0.3) is 5.69 Å². The zero-order valence-corrected chi connectivity index (χ0v) is 12.0. The first kappa shape index (κ1) is 14.3. The number of halogens is 1. The highest BCUT2D eigenvalue weighted by atomic mass is 35.5. The molecule has 6 heteroatoms. The number of nitrogens with two attached hydrogens (primary N) is 1. The fourth-order valence-corrected chi connectivity index (χ4v) is 2.19. The van der Waals surface area contributed by atoms with Gasteiger partial charge in [-0.2, -0.15) is 0 Å². The van der Waals surface area contributed by atoms with E-state index in [0.717, 1.165) is 0 Å². The summed E-state index contributed by atoms with van der Waals surface area (Å²) in [5.41, 5.74) is 7.05. The maximum absolute atomic E-state index is 12.0. The Morgan fingerprint density at radius 2 is 2.00 bits per heavy atom. The monoisotopic (exact) mass is 294 g/mol. The first-order valence-electron chi connectivity index (χ1n) is 6.06. The molecule has 0 atom stereocenters. The second-order valence-electron chi connectivity index (χ2n) is 4.02. The summed E-state index contributed by atoms with van der Waals surface area (Å²) in [5.74, 6) is 0.204. The molecule has 1 heterocycles. The third kappa shape index (κ3) is 2.58. The molecule has 0 aliphatic heterocycles. The third-order valence-electron chi connectivity index (χ3n) is 2.78. The molecule has 0 bridgehead atoms. The van der Waals surface area contributed by atoms with E-state index in [2.05, 4.69) is 0 Å². The topological polar surface area (TPSA) is 66.5 Å². The van der Waals surface area contributed by atoms with Gasteiger partial charge in [0.05, 0.1) is 19.4 Å². The van der Waals surface area contributed by atoms with E-state index in [1.165, 1.54) is 6.07 Å². The summed E-state index contributed by atoms with van der Waals surface area (Å²) in [4.78, 5) is 12.0. The van der Waals surface area contributed by atoms with Crippen molar-refractivity contribution in [2.45, 2.75) is 6.92 Å². The number of hydrogen-bond donors (Lipinski definition) is 1. The van der Waals surface area contributed by atoms with Crippen molar-refractivity contribution in [1.82, 2.24) is 4.57 Å². The van der Waals surface area contributed by atoms with Gasteiger partial charge >= 0.3 is 5.97 Å². The van der Waals surface area contributed by atoms with E-state index in [4.69, 9.17) is 26.8 Å². The Kier molecular flexibility index (Phi) is 4.20. The molecule has 2 rings (SSSR count). The lowest BCUT2D eigenvalue weighted by Gasteiger charge is -2.11. The van der Waals surface area contributed by atoms with Gasteiger partial charge in [0.2, 0.25) is 0 Å². The molecule has 0 radical (unpaired) electrons. The van der Waals surface area contributed by atoms with Gasteiger partial charge in [-0.3, -0.25) is 4.57 Å². The molecule has 0 amide bonds. The summed E-state index contributed by atoms with van der Waals surface area (Å²) in [6.07, 6.45) is 0. The van der Waals surface area contributed by atoms with Crippen molar-refractivity contribution in [2.75, 3.05) is 19.5 Å². The normalized spacial score (nSPS) is 10.3. The Labute approximate surface area is 121 Å². The molecule has 5 nitrogen and oxygen atoms in total. The van der Waals surface area contributed by atoms with Gasteiger partial charge in [-0.1, -0.05) is 11.6 Å². The summed E-state index contributed by atoms with van der Waals surface area (Å²) >= 11 is 6.15. The lowest BCUT2D eigenvalue weighted by atomic mass is 10.3. The van der Waals surface area contributed by atoms with Crippen LogP contribution in [0.2, 0.25) is 5.15 Å². The van der Waals surface area contributed by atoms with Gasteiger partial charge in [-0.15, -0.1) is 0 Å². The van der Waals surface area contributed by atoms with Gasteiger partial charge < -0.3 is 15.2 Å². The number of nitrogen functional groups attached to an aromatic ring is 1. The zero-order chi connectivity index (χ0) is 14.7. The molecule has 0 fully saturated rings. The van der Waals surface area contributed by atoms with E-state index in [1.807, 2.05) is 0 Å². The molecule has 2 aromatic rings. The van der Waals surface area contributed by atoms with Crippen LogP contribution < -0.4 is 10.5 Å². The summed E-state index contributed by atoms with van der Waals surface area (Å²) in [7, 11) is 1.58. The molecule has 1 aromatic carbocycles. The van der Waals surface area contributed by atoms with Gasteiger partial charge in [0.1, 0.15) is 10.9 Å². The van der Waals surface area contributed by atoms with E-state index >= 15 is 0 Å². The fraction of sp³-hybridized carbons (Fsp3) is 0.214. The maximum Gasteiger partial charge on any atom is 0.357 e. The average molecular weight is 295 g/mol. The van der Waals surface area contributed by atoms with Crippen molar-refractivity contribution in [3.8, 4) is 11.4 Å². The minimum absolute atomic E-state index is 0.224. The highest BCUT2D eigenvalue weighted by molar-refractivity contribution is 6.30. The molecule has 0 saturated carbocycles. The molecule has 2 N–H and O–H groups in total. The number of aromatic nitrogens is 1. The predicted molar refractivity (Wildman–Crippen MR) is 77.7 cm³/mol.